The topological polar surface area (TPSA) is 56.3 Å². The van der Waals surface area contributed by atoms with Crippen LogP contribution in [0.5, 0.6) is 0 Å². The number of carbonyl (C=O) groups is 1. The molecule has 0 radical (unpaired) electrons. The largest absolute Gasteiger partial charge is 0.395 e. The maximum absolute atomic E-state index is 12.8. The van der Waals surface area contributed by atoms with Crippen molar-refractivity contribution >= 4 is 16.8 Å². The summed E-state index contributed by atoms with van der Waals surface area (Å²) in [6, 6.07) is 8.02. The van der Waals surface area contributed by atoms with Crippen LogP contribution in [0.25, 0.3) is 10.9 Å². The van der Waals surface area contributed by atoms with Crippen LogP contribution in [-0.2, 0) is 0 Å². The van der Waals surface area contributed by atoms with Crippen LogP contribution in [0.15, 0.2) is 30.5 Å². The van der Waals surface area contributed by atoms with Gasteiger partial charge in [-0.25, -0.2) is 0 Å². The van der Waals surface area contributed by atoms with Crippen molar-refractivity contribution in [3.63, 3.8) is 0 Å². The number of benzene rings is 1. The number of aromatic nitrogens is 1. The Morgan fingerprint density at radius 1 is 1.30 bits per heavy atom. The smallest absolute Gasteiger partial charge is 0.256 e. The summed E-state index contributed by atoms with van der Waals surface area (Å²) < 4.78 is 0. The van der Waals surface area contributed by atoms with Crippen molar-refractivity contribution in [3.05, 3.63) is 36.0 Å². The van der Waals surface area contributed by atoms with Crippen molar-refractivity contribution in [1.29, 1.82) is 0 Å². The summed E-state index contributed by atoms with van der Waals surface area (Å²) in [4.78, 5) is 17.8. The molecule has 1 aromatic carbocycles. The van der Waals surface area contributed by atoms with Gasteiger partial charge in [-0.3, -0.25) is 4.79 Å². The fourth-order valence-electron chi connectivity index (χ4n) is 3.19. The molecule has 1 heterocycles. The number of aliphatic hydroxyl groups is 1. The molecule has 1 aliphatic rings. The highest BCUT2D eigenvalue weighted by atomic mass is 16.3. The number of para-hydroxylation sites is 1. The van der Waals surface area contributed by atoms with Gasteiger partial charge in [-0.2, -0.15) is 0 Å². The number of nitrogens with one attached hydrogen (secondary N) is 1. The molecule has 1 saturated carbocycles. The van der Waals surface area contributed by atoms with E-state index in [4.69, 9.17) is 0 Å². The van der Waals surface area contributed by atoms with Gasteiger partial charge in [0.1, 0.15) is 0 Å². The minimum absolute atomic E-state index is 0.0168. The molecule has 3 rings (SSSR count). The fraction of sp³-hybridized carbons (Fsp3) is 0.438. The Hall–Kier alpha value is -1.81. The maximum atomic E-state index is 12.8. The van der Waals surface area contributed by atoms with Crippen molar-refractivity contribution in [2.75, 3.05) is 13.2 Å². The molecule has 106 valence electrons. The highest BCUT2D eigenvalue weighted by molar-refractivity contribution is 6.05. The first-order chi connectivity index (χ1) is 9.81. The molecule has 1 amide bonds. The fourth-order valence-corrected chi connectivity index (χ4v) is 3.19. The number of aliphatic hydroxyl groups excluding tert-OH is 1. The Balaban J connectivity index is 1.94. The van der Waals surface area contributed by atoms with Gasteiger partial charge in [-0.15, -0.1) is 0 Å². The van der Waals surface area contributed by atoms with Crippen molar-refractivity contribution in [3.8, 4) is 0 Å². The van der Waals surface area contributed by atoms with E-state index in [0.29, 0.717) is 12.1 Å². The van der Waals surface area contributed by atoms with Crippen molar-refractivity contribution in [2.45, 2.75) is 31.7 Å². The number of hydrogen-bond donors (Lipinski definition) is 2. The molecule has 2 aromatic rings. The van der Waals surface area contributed by atoms with Gasteiger partial charge in [0.15, 0.2) is 0 Å². The van der Waals surface area contributed by atoms with Crippen molar-refractivity contribution in [2.24, 2.45) is 0 Å². The molecule has 0 unspecified atom stereocenters. The summed E-state index contributed by atoms with van der Waals surface area (Å²) in [5.74, 6) is 0.0269. The predicted molar refractivity (Wildman–Crippen MR) is 78.7 cm³/mol. The summed E-state index contributed by atoms with van der Waals surface area (Å²) in [5, 5.41) is 10.3. The molecule has 1 aromatic heterocycles. The quantitative estimate of drug-likeness (QED) is 0.898. The first-order valence-electron chi connectivity index (χ1n) is 7.29. The van der Waals surface area contributed by atoms with E-state index in [1.165, 1.54) is 12.8 Å². The summed E-state index contributed by atoms with van der Waals surface area (Å²) >= 11 is 0. The number of nitrogens with zero attached hydrogens (tertiary/aromatic N) is 1. The number of hydrogen-bond acceptors (Lipinski definition) is 2. The number of fused-ring (bicyclic) bond motifs is 1. The Morgan fingerprint density at radius 2 is 2.10 bits per heavy atom. The van der Waals surface area contributed by atoms with Crippen LogP contribution in [0.2, 0.25) is 0 Å². The van der Waals surface area contributed by atoms with Gasteiger partial charge in [0, 0.05) is 24.2 Å². The van der Waals surface area contributed by atoms with Crippen molar-refractivity contribution in [1.82, 2.24) is 9.88 Å². The van der Waals surface area contributed by atoms with Crippen LogP contribution in [0, 0.1) is 0 Å². The van der Waals surface area contributed by atoms with Gasteiger partial charge >= 0.3 is 0 Å². The van der Waals surface area contributed by atoms with E-state index in [1.54, 1.807) is 0 Å². The second-order valence-electron chi connectivity index (χ2n) is 5.41. The lowest BCUT2D eigenvalue weighted by Crippen LogP contribution is -2.40. The van der Waals surface area contributed by atoms with Crippen LogP contribution in [0.3, 0.4) is 0 Å². The zero-order chi connectivity index (χ0) is 13.9. The summed E-state index contributed by atoms with van der Waals surface area (Å²) in [7, 11) is 0. The van der Waals surface area contributed by atoms with E-state index in [0.717, 1.165) is 23.7 Å². The Bertz CT molecular complexity index is 599. The van der Waals surface area contributed by atoms with E-state index in [-0.39, 0.29) is 18.6 Å². The summed E-state index contributed by atoms with van der Waals surface area (Å²) in [6.07, 6.45) is 6.30. The molecule has 0 bridgehead atoms. The van der Waals surface area contributed by atoms with Gasteiger partial charge in [-0.1, -0.05) is 25.0 Å². The van der Waals surface area contributed by atoms with E-state index in [9.17, 15) is 9.90 Å². The van der Waals surface area contributed by atoms with Crippen molar-refractivity contribution < 1.29 is 9.90 Å². The highest BCUT2D eigenvalue weighted by Crippen LogP contribution is 2.26. The Kier molecular flexibility index (Phi) is 3.74. The van der Waals surface area contributed by atoms with E-state index >= 15 is 0 Å². The van der Waals surface area contributed by atoms with Gasteiger partial charge < -0.3 is 15.0 Å². The third-order valence-corrected chi connectivity index (χ3v) is 4.18. The average Bonchev–Trinajstić information content (AvgIpc) is 3.14. The number of H-pyrrole nitrogens is 1. The Labute approximate surface area is 118 Å². The summed E-state index contributed by atoms with van der Waals surface area (Å²) in [6.45, 7) is 0.434. The zero-order valence-corrected chi connectivity index (χ0v) is 11.5. The van der Waals surface area contributed by atoms with Crippen LogP contribution >= 0.6 is 0 Å². The van der Waals surface area contributed by atoms with Crippen LogP contribution < -0.4 is 0 Å². The maximum Gasteiger partial charge on any atom is 0.256 e. The molecule has 4 heteroatoms. The lowest BCUT2D eigenvalue weighted by atomic mass is 10.1. The van der Waals surface area contributed by atoms with Gasteiger partial charge in [0.25, 0.3) is 5.91 Å². The van der Waals surface area contributed by atoms with Crippen LogP contribution in [0.1, 0.15) is 36.0 Å². The predicted octanol–water partition coefficient (Wildman–Crippen LogP) is 2.55. The lowest BCUT2D eigenvalue weighted by molar-refractivity contribution is 0.0640. The lowest BCUT2D eigenvalue weighted by Gasteiger charge is -2.28. The average molecular weight is 272 g/mol. The minimum atomic E-state index is 0.0168. The molecule has 0 aliphatic heterocycles. The van der Waals surface area contributed by atoms with Crippen LogP contribution in [0.4, 0.5) is 0 Å². The molecular formula is C16H20N2O2. The number of carbonyl (C=O) groups excluding carboxylic acids is 1. The molecule has 0 saturated heterocycles. The number of aromatic amines is 1. The normalized spacial score (nSPS) is 15.8. The van der Waals surface area contributed by atoms with E-state index in [2.05, 4.69) is 4.98 Å². The molecule has 0 atom stereocenters. The van der Waals surface area contributed by atoms with E-state index in [1.807, 2.05) is 35.4 Å². The van der Waals surface area contributed by atoms with Gasteiger partial charge in [0.05, 0.1) is 17.7 Å². The SMILES string of the molecule is O=C(c1cccc2cc[nH]c12)N(CCO)C1CCCC1. The third-order valence-electron chi connectivity index (χ3n) is 4.18. The molecular weight excluding hydrogens is 252 g/mol. The standard InChI is InChI=1S/C16H20N2O2/c19-11-10-18(13-5-1-2-6-13)16(20)14-7-3-4-12-8-9-17-15(12)14/h3-4,7-9,13,17,19H,1-2,5-6,10-11H2. The van der Waals surface area contributed by atoms with Gasteiger partial charge in [-0.05, 0) is 25.0 Å². The molecule has 1 fully saturated rings. The first-order valence-corrected chi connectivity index (χ1v) is 7.29. The highest BCUT2D eigenvalue weighted by Gasteiger charge is 2.27. The van der Waals surface area contributed by atoms with Crippen LogP contribution in [-0.4, -0.2) is 40.1 Å². The molecule has 0 spiro atoms. The minimum Gasteiger partial charge on any atom is -0.395 e. The zero-order valence-electron chi connectivity index (χ0n) is 11.5. The first kappa shape index (κ1) is 13.2. The molecule has 2 N–H and O–H groups in total. The second-order valence-corrected chi connectivity index (χ2v) is 5.41. The number of rotatable bonds is 4. The second kappa shape index (κ2) is 5.67. The number of amides is 1. The third kappa shape index (κ3) is 2.31. The monoisotopic (exact) mass is 272 g/mol. The molecule has 4 nitrogen and oxygen atoms in total. The Morgan fingerprint density at radius 3 is 2.85 bits per heavy atom. The molecule has 20 heavy (non-hydrogen) atoms. The molecule has 1 aliphatic carbocycles. The van der Waals surface area contributed by atoms with E-state index < -0.39 is 0 Å². The summed E-state index contributed by atoms with van der Waals surface area (Å²) in [5.41, 5.74) is 1.59. The van der Waals surface area contributed by atoms with Gasteiger partial charge in [0.2, 0.25) is 0 Å².